The predicted octanol–water partition coefficient (Wildman–Crippen LogP) is 4.84. The fourth-order valence-electron chi connectivity index (χ4n) is 4.56. The standard InChI is InChI=1S/C25H30O5S/c1-24(28-17-9-12-20-10-5-3-6-11-20)16-15-21-18-23(24)29-30-25(21,2)19-31(26,27)22-13-7-4-8-14-22/h3-14,21,23H,15-19H2,1-2H3/b12-9+/t21?,23?,24?,25-/m0/s1. The number of sulfone groups is 1. The van der Waals surface area contributed by atoms with Gasteiger partial charge in [-0.3, -0.25) is 0 Å². The normalized spacial score (nSPS) is 31.0. The van der Waals surface area contributed by atoms with Crippen LogP contribution in [0.3, 0.4) is 0 Å². The molecule has 2 aromatic carbocycles. The zero-order valence-electron chi connectivity index (χ0n) is 18.1. The molecule has 1 heterocycles. The van der Waals surface area contributed by atoms with Gasteiger partial charge in [0, 0.05) is 0 Å². The Morgan fingerprint density at radius 3 is 2.45 bits per heavy atom. The van der Waals surface area contributed by atoms with E-state index in [4.69, 9.17) is 14.5 Å². The van der Waals surface area contributed by atoms with Crippen LogP contribution in [0.5, 0.6) is 0 Å². The van der Waals surface area contributed by atoms with Crippen LogP contribution in [0, 0.1) is 5.92 Å². The van der Waals surface area contributed by atoms with Gasteiger partial charge in [-0.1, -0.05) is 60.7 Å². The van der Waals surface area contributed by atoms with Crippen molar-refractivity contribution in [3.8, 4) is 0 Å². The summed E-state index contributed by atoms with van der Waals surface area (Å²) in [6.07, 6.45) is 6.18. The maximum atomic E-state index is 12.9. The monoisotopic (exact) mass is 442 g/mol. The molecule has 3 unspecified atom stereocenters. The molecule has 2 aliphatic rings. The third-order valence-electron chi connectivity index (χ3n) is 6.59. The molecule has 1 aliphatic heterocycles. The average Bonchev–Trinajstić information content (AvgIpc) is 2.77. The lowest BCUT2D eigenvalue weighted by atomic mass is 9.71. The minimum Gasteiger partial charge on any atom is -0.368 e. The van der Waals surface area contributed by atoms with Gasteiger partial charge < -0.3 is 4.74 Å². The predicted molar refractivity (Wildman–Crippen MR) is 120 cm³/mol. The fourth-order valence-corrected chi connectivity index (χ4v) is 6.34. The molecule has 0 radical (unpaired) electrons. The lowest BCUT2D eigenvalue weighted by molar-refractivity contribution is -0.443. The summed E-state index contributed by atoms with van der Waals surface area (Å²) >= 11 is 0. The van der Waals surface area contributed by atoms with Crippen LogP contribution in [0.2, 0.25) is 0 Å². The fraction of sp³-hybridized carbons (Fsp3) is 0.440. The maximum Gasteiger partial charge on any atom is 0.181 e. The summed E-state index contributed by atoms with van der Waals surface area (Å²) in [5, 5.41) is 0. The Balaban J connectivity index is 1.37. The summed E-state index contributed by atoms with van der Waals surface area (Å²) in [7, 11) is -3.47. The Bertz CT molecular complexity index is 1000. The molecule has 1 aliphatic carbocycles. The van der Waals surface area contributed by atoms with Crippen molar-refractivity contribution in [3.05, 3.63) is 72.3 Å². The van der Waals surface area contributed by atoms with Gasteiger partial charge in [-0.05, 0) is 56.7 Å². The van der Waals surface area contributed by atoms with Crippen molar-refractivity contribution >= 4 is 15.9 Å². The van der Waals surface area contributed by atoms with Crippen LogP contribution in [0.4, 0.5) is 0 Å². The first-order valence-corrected chi connectivity index (χ1v) is 12.4. The molecule has 2 bridgehead atoms. The summed E-state index contributed by atoms with van der Waals surface area (Å²) in [5.74, 6) is -0.0000267. The molecule has 4 rings (SSSR count). The molecule has 5 nitrogen and oxygen atoms in total. The highest BCUT2D eigenvalue weighted by molar-refractivity contribution is 7.91. The molecular formula is C25H30O5S. The van der Waals surface area contributed by atoms with Gasteiger partial charge in [0.2, 0.25) is 0 Å². The second-order valence-corrected chi connectivity index (χ2v) is 11.0. The minimum atomic E-state index is -3.47. The molecule has 0 aromatic heterocycles. The molecule has 4 atom stereocenters. The van der Waals surface area contributed by atoms with Crippen LogP contribution < -0.4 is 0 Å². The van der Waals surface area contributed by atoms with Crippen LogP contribution in [0.25, 0.3) is 6.08 Å². The quantitative estimate of drug-likeness (QED) is 0.574. The van der Waals surface area contributed by atoms with Crippen molar-refractivity contribution in [1.82, 2.24) is 0 Å². The van der Waals surface area contributed by atoms with Gasteiger partial charge in [0.25, 0.3) is 0 Å². The highest BCUT2D eigenvalue weighted by Gasteiger charge is 2.54. The molecule has 2 fully saturated rings. The van der Waals surface area contributed by atoms with Crippen LogP contribution in [0.15, 0.2) is 71.6 Å². The Morgan fingerprint density at radius 2 is 1.74 bits per heavy atom. The van der Waals surface area contributed by atoms with E-state index in [1.54, 1.807) is 24.3 Å². The van der Waals surface area contributed by atoms with Crippen molar-refractivity contribution in [2.24, 2.45) is 5.92 Å². The van der Waals surface area contributed by atoms with E-state index in [-0.39, 0.29) is 17.8 Å². The Morgan fingerprint density at radius 1 is 1.06 bits per heavy atom. The zero-order chi connectivity index (χ0) is 22.0. The van der Waals surface area contributed by atoms with Gasteiger partial charge in [-0.15, -0.1) is 0 Å². The maximum absolute atomic E-state index is 12.9. The number of benzene rings is 2. The van der Waals surface area contributed by atoms with E-state index in [9.17, 15) is 8.42 Å². The number of fused-ring (bicyclic) bond motifs is 2. The first kappa shape index (κ1) is 22.2. The van der Waals surface area contributed by atoms with Gasteiger partial charge in [-0.25, -0.2) is 18.2 Å². The van der Waals surface area contributed by atoms with Gasteiger partial charge in [0.15, 0.2) is 9.84 Å². The molecule has 1 saturated carbocycles. The van der Waals surface area contributed by atoms with E-state index in [1.165, 1.54) is 0 Å². The average molecular weight is 443 g/mol. The molecule has 6 heteroatoms. The molecule has 166 valence electrons. The summed E-state index contributed by atoms with van der Waals surface area (Å²) in [5.41, 5.74) is -0.204. The smallest absolute Gasteiger partial charge is 0.181 e. The minimum absolute atomic E-state index is 0.0984. The van der Waals surface area contributed by atoms with E-state index >= 15 is 0 Å². The summed E-state index contributed by atoms with van der Waals surface area (Å²) in [6.45, 7) is 4.38. The van der Waals surface area contributed by atoms with Crippen molar-refractivity contribution in [3.63, 3.8) is 0 Å². The Hall–Kier alpha value is -1.99. The van der Waals surface area contributed by atoms with E-state index < -0.39 is 21.0 Å². The van der Waals surface area contributed by atoms with Crippen molar-refractivity contribution < 1.29 is 22.9 Å². The first-order valence-electron chi connectivity index (χ1n) is 10.8. The highest BCUT2D eigenvalue weighted by atomic mass is 32.2. The van der Waals surface area contributed by atoms with Crippen LogP contribution in [-0.4, -0.2) is 38.1 Å². The lowest BCUT2D eigenvalue weighted by Crippen LogP contribution is -2.59. The molecule has 0 N–H and O–H groups in total. The second kappa shape index (κ2) is 8.87. The molecule has 0 amide bonds. The number of hydrogen-bond donors (Lipinski definition) is 0. The van der Waals surface area contributed by atoms with E-state index in [1.807, 2.05) is 55.5 Å². The molecule has 31 heavy (non-hydrogen) atoms. The first-order chi connectivity index (χ1) is 14.8. The molecule has 1 saturated heterocycles. The molecule has 2 aromatic rings. The zero-order valence-corrected chi connectivity index (χ0v) is 18.9. The Kier molecular flexibility index (Phi) is 6.35. The summed E-state index contributed by atoms with van der Waals surface area (Å²) in [6, 6.07) is 18.6. The lowest BCUT2D eigenvalue weighted by Gasteiger charge is -2.52. The number of rotatable bonds is 7. The SMILES string of the molecule is CC1(OC/C=C/c2ccccc2)CCC2CC1OO[C@@]2(C)CS(=O)(=O)c1ccccc1. The van der Waals surface area contributed by atoms with Crippen LogP contribution in [-0.2, 0) is 24.3 Å². The summed E-state index contributed by atoms with van der Waals surface area (Å²) in [4.78, 5) is 11.9. The highest BCUT2D eigenvalue weighted by Crippen LogP contribution is 2.47. The van der Waals surface area contributed by atoms with Gasteiger partial charge in [0.1, 0.15) is 11.7 Å². The van der Waals surface area contributed by atoms with Gasteiger partial charge >= 0.3 is 0 Å². The van der Waals surface area contributed by atoms with E-state index in [0.29, 0.717) is 11.5 Å². The largest absolute Gasteiger partial charge is 0.368 e. The van der Waals surface area contributed by atoms with E-state index in [0.717, 1.165) is 24.8 Å². The summed E-state index contributed by atoms with van der Waals surface area (Å²) < 4.78 is 32.0. The van der Waals surface area contributed by atoms with Crippen molar-refractivity contribution in [2.45, 2.75) is 55.3 Å². The molecule has 0 spiro atoms. The third-order valence-corrected chi connectivity index (χ3v) is 8.53. The number of ether oxygens (including phenoxy) is 1. The van der Waals surface area contributed by atoms with Crippen LogP contribution >= 0.6 is 0 Å². The van der Waals surface area contributed by atoms with E-state index in [2.05, 4.69) is 6.92 Å². The third kappa shape index (κ3) is 4.93. The van der Waals surface area contributed by atoms with Gasteiger partial charge in [0.05, 0.1) is 22.9 Å². The van der Waals surface area contributed by atoms with Gasteiger partial charge in [-0.2, -0.15) is 0 Å². The van der Waals surface area contributed by atoms with Crippen molar-refractivity contribution in [2.75, 3.05) is 12.4 Å². The van der Waals surface area contributed by atoms with Crippen LogP contribution in [0.1, 0.15) is 38.7 Å². The van der Waals surface area contributed by atoms with Crippen molar-refractivity contribution in [1.29, 1.82) is 0 Å². The topological polar surface area (TPSA) is 61.8 Å². The number of hydrogen-bond acceptors (Lipinski definition) is 5. The molecular weight excluding hydrogens is 412 g/mol. The Labute approximate surface area is 184 Å². The second-order valence-electron chi connectivity index (χ2n) is 8.96.